The highest BCUT2D eigenvalue weighted by atomic mass is 14.1. The number of hydrogen-bond donors (Lipinski definition) is 0. The highest BCUT2D eigenvalue weighted by Gasteiger charge is 2.07. The van der Waals surface area contributed by atoms with Crippen molar-refractivity contribution in [1.82, 2.24) is 0 Å². The minimum absolute atomic E-state index is 0.851. The average molecular weight is 164 g/mol. The van der Waals surface area contributed by atoms with Gasteiger partial charge in [-0.05, 0) is 25.2 Å². The molecule has 0 unspecified atom stereocenters. The normalized spacial score (nSPS) is 18.9. The predicted octanol–water partition coefficient (Wildman–Crippen LogP) is 4.09. The van der Waals surface area contributed by atoms with Crippen molar-refractivity contribution < 1.29 is 0 Å². The van der Waals surface area contributed by atoms with E-state index >= 15 is 0 Å². The molecule has 0 bridgehead atoms. The standard InChI is InChI=1S/C12H20/c1-4-10(3)8-12-7-6-11(5-2)9-12/h7,9-10H,4-6,8H2,1-3H3/t10-/m0/s1. The summed E-state index contributed by atoms with van der Waals surface area (Å²) >= 11 is 0. The molecule has 1 atom stereocenters. The third-order valence-corrected chi connectivity index (χ3v) is 2.75. The first-order valence-corrected chi connectivity index (χ1v) is 5.14. The SMILES string of the molecule is CCC1=CC(C[C@@H](C)CC)=CC1. The molecule has 0 aliphatic heterocycles. The third kappa shape index (κ3) is 2.51. The molecule has 0 fully saturated rings. The van der Waals surface area contributed by atoms with E-state index < -0.39 is 0 Å². The molecule has 1 aliphatic rings. The first-order valence-electron chi connectivity index (χ1n) is 5.14. The van der Waals surface area contributed by atoms with Crippen LogP contribution in [0.4, 0.5) is 0 Å². The van der Waals surface area contributed by atoms with Crippen LogP contribution in [-0.2, 0) is 0 Å². The summed E-state index contributed by atoms with van der Waals surface area (Å²) in [6, 6.07) is 0. The first-order chi connectivity index (χ1) is 5.76. The zero-order chi connectivity index (χ0) is 8.97. The molecular formula is C12H20. The lowest BCUT2D eigenvalue weighted by atomic mass is 9.99. The molecule has 0 nitrogen and oxygen atoms in total. The molecule has 1 aliphatic carbocycles. The van der Waals surface area contributed by atoms with Gasteiger partial charge in [0, 0.05) is 0 Å². The lowest BCUT2D eigenvalue weighted by Gasteiger charge is -2.06. The van der Waals surface area contributed by atoms with Crippen molar-refractivity contribution in [1.29, 1.82) is 0 Å². The molecule has 0 aromatic rings. The summed E-state index contributed by atoms with van der Waals surface area (Å²) in [5.41, 5.74) is 3.18. The average Bonchev–Trinajstić information content (AvgIpc) is 2.52. The largest absolute Gasteiger partial charge is 0.0772 e. The first kappa shape index (κ1) is 9.57. The molecule has 0 heteroatoms. The van der Waals surface area contributed by atoms with Crippen molar-refractivity contribution in [2.45, 2.75) is 46.5 Å². The second-order valence-corrected chi connectivity index (χ2v) is 3.86. The van der Waals surface area contributed by atoms with Gasteiger partial charge in [-0.2, -0.15) is 0 Å². The minimum atomic E-state index is 0.851. The zero-order valence-electron chi connectivity index (χ0n) is 8.56. The predicted molar refractivity (Wildman–Crippen MR) is 55.1 cm³/mol. The topological polar surface area (TPSA) is 0 Å². The Morgan fingerprint density at radius 3 is 2.67 bits per heavy atom. The summed E-state index contributed by atoms with van der Waals surface area (Å²) in [5.74, 6) is 0.851. The fraction of sp³-hybridized carbons (Fsp3) is 0.667. The van der Waals surface area contributed by atoms with Crippen LogP contribution in [0.25, 0.3) is 0 Å². The van der Waals surface area contributed by atoms with Gasteiger partial charge in [0.1, 0.15) is 0 Å². The number of hydrogen-bond acceptors (Lipinski definition) is 0. The van der Waals surface area contributed by atoms with E-state index in [0.29, 0.717) is 0 Å². The maximum absolute atomic E-state index is 2.40. The van der Waals surface area contributed by atoms with E-state index in [4.69, 9.17) is 0 Å². The van der Waals surface area contributed by atoms with Gasteiger partial charge in [0.15, 0.2) is 0 Å². The van der Waals surface area contributed by atoms with Crippen molar-refractivity contribution >= 4 is 0 Å². The Labute approximate surface area is 76.4 Å². The van der Waals surface area contributed by atoms with Crippen LogP contribution in [0.1, 0.15) is 46.5 Å². The Kier molecular flexibility index (Phi) is 3.58. The van der Waals surface area contributed by atoms with Gasteiger partial charge in [-0.3, -0.25) is 0 Å². The van der Waals surface area contributed by atoms with E-state index in [1.807, 2.05) is 0 Å². The van der Waals surface area contributed by atoms with Crippen molar-refractivity contribution in [2.24, 2.45) is 5.92 Å². The Balaban J connectivity index is 2.40. The summed E-state index contributed by atoms with van der Waals surface area (Å²) < 4.78 is 0. The summed E-state index contributed by atoms with van der Waals surface area (Å²) in [5, 5.41) is 0. The monoisotopic (exact) mass is 164 g/mol. The number of rotatable bonds is 4. The molecule has 68 valence electrons. The second kappa shape index (κ2) is 4.49. The maximum atomic E-state index is 2.40. The molecule has 0 radical (unpaired) electrons. The molecule has 1 rings (SSSR count). The molecule has 0 heterocycles. The summed E-state index contributed by atoms with van der Waals surface area (Å²) in [6.45, 7) is 6.84. The molecule has 0 N–H and O–H groups in total. The molecule has 0 spiro atoms. The van der Waals surface area contributed by atoms with Gasteiger partial charge in [0.2, 0.25) is 0 Å². The van der Waals surface area contributed by atoms with Gasteiger partial charge in [0.25, 0.3) is 0 Å². The van der Waals surface area contributed by atoms with Gasteiger partial charge < -0.3 is 0 Å². The number of allylic oxidation sites excluding steroid dienone is 4. The van der Waals surface area contributed by atoms with E-state index in [0.717, 1.165) is 5.92 Å². The fourth-order valence-electron chi connectivity index (χ4n) is 1.58. The fourth-order valence-corrected chi connectivity index (χ4v) is 1.58. The Hall–Kier alpha value is -0.520. The van der Waals surface area contributed by atoms with Gasteiger partial charge in [0.05, 0.1) is 0 Å². The third-order valence-electron chi connectivity index (χ3n) is 2.75. The summed E-state index contributed by atoms with van der Waals surface area (Å²) in [4.78, 5) is 0. The van der Waals surface area contributed by atoms with Crippen LogP contribution >= 0.6 is 0 Å². The molecule has 0 aromatic carbocycles. The molecule has 12 heavy (non-hydrogen) atoms. The molecule has 0 aromatic heterocycles. The Morgan fingerprint density at radius 1 is 1.42 bits per heavy atom. The van der Waals surface area contributed by atoms with Gasteiger partial charge >= 0.3 is 0 Å². The summed E-state index contributed by atoms with van der Waals surface area (Å²) in [6.07, 6.45) is 9.80. The molecular weight excluding hydrogens is 144 g/mol. The van der Waals surface area contributed by atoms with Crippen LogP contribution in [0.3, 0.4) is 0 Å². The van der Waals surface area contributed by atoms with Crippen molar-refractivity contribution in [3.8, 4) is 0 Å². The van der Waals surface area contributed by atoms with E-state index in [1.54, 1.807) is 11.1 Å². The minimum Gasteiger partial charge on any atom is -0.0772 e. The van der Waals surface area contributed by atoms with Gasteiger partial charge in [-0.25, -0.2) is 0 Å². The van der Waals surface area contributed by atoms with Crippen molar-refractivity contribution in [2.75, 3.05) is 0 Å². The molecule has 0 saturated heterocycles. The van der Waals surface area contributed by atoms with E-state index in [-0.39, 0.29) is 0 Å². The van der Waals surface area contributed by atoms with E-state index in [2.05, 4.69) is 32.9 Å². The summed E-state index contributed by atoms with van der Waals surface area (Å²) in [7, 11) is 0. The van der Waals surface area contributed by atoms with Gasteiger partial charge in [-0.15, -0.1) is 0 Å². The second-order valence-electron chi connectivity index (χ2n) is 3.86. The Bertz CT molecular complexity index is 196. The molecule has 0 amide bonds. The van der Waals surface area contributed by atoms with Crippen LogP contribution in [0.2, 0.25) is 0 Å². The van der Waals surface area contributed by atoms with E-state index in [9.17, 15) is 0 Å². The highest BCUT2D eigenvalue weighted by Crippen LogP contribution is 2.25. The van der Waals surface area contributed by atoms with Crippen molar-refractivity contribution in [3.05, 3.63) is 23.3 Å². The smallest absolute Gasteiger partial charge is 0.0130 e. The quantitative estimate of drug-likeness (QED) is 0.587. The maximum Gasteiger partial charge on any atom is -0.0130 e. The highest BCUT2D eigenvalue weighted by molar-refractivity contribution is 5.32. The van der Waals surface area contributed by atoms with Crippen LogP contribution in [0.15, 0.2) is 23.3 Å². The van der Waals surface area contributed by atoms with Crippen LogP contribution < -0.4 is 0 Å². The zero-order valence-corrected chi connectivity index (χ0v) is 8.56. The lowest BCUT2D eigenvalue weighted by molar-refractivity contribution is 0.562. The van der Waals surface area contributed by atoms with Crippen LogP contribution in [0, 0.1) is 5.92 Å². The lowest BCUT2D eigenvalue weighted by Crippen LogP contribution is -1.91. The van der Waals surface area contributed by atoms with E-state index in [1.165, 1.54) is 25.7 Å². The van der Waals surface area contributed by atoms with Crippen LogP contribution in [0.5, 0.6) is 0 Å². The van der Waals surface area contributed by atoms with Crippen LogP contribution in [-0.4, -0.2) is 0 Å². The van der Waals surface area contributed by atoms with Crippen molar-refractivity contribution in [3.63, 3.8) is 0 Å². The van der Waals surface area contributed by atoms with Gasteiger partial charge in [-0.1, -0.05) is 50.5 Å². The Morgan fingerprint density at radius 2 is 2.17 bits per heavy atom. The molecule has 0 saturated carbocycles.